The van der Waals surface area contributed by atoms with Crippen LogP contribution in [0.2, 0.25) is 0 Å². The largest absolute Gasteiger partial charge is 1.00 e. The number of hydrogen-bond donors (Lipinski definition) is 0. The van der Waals surface area contributed by atoms with Crippen LogP contribution in [0.3, 0.4) is 0 Å². The summed E-state index contributed by atoms with van der Waals surface area (Å²) >= 11 is 0. The number of ether oxygens (including phenoxy) is 1. The Hall–Kier alpha value is 3.18. The fourth-order valence-corrected chi connectivity index (χ4v) is 0.231. The van der Waals surface area contributed by atoms with Gasteiger partial charge in [0.15, 0.2) is 0 Å². The van der Waals surface area contributed by atoms with Crippen LogP contribution in [0.1, 0.15) is 13.8 Å². The molecule has 0 rings (SSSR count). The van der Waals surface area contributed by atoms with Crippen molar-refractivity contribution in [3.63, 3.8) is 0 Å². The summed E-state index contributed by atoms with van der Waals surface area (Å²) in [5.74, 6) is 0. The quantitative estimate of drug-likeness (QED) is 0.341. The molecule has 0 saturated carbocycles. The summed E-state index contributed by atoms with van der Waals surface area (Å²) in [4.78, 5) is 0. The van der Waals surface area contributed by atoms with E-state index in [1.165, 1.54) is 0 Å². The predicted octanol–water partition coefficient (Wildman–Crippen LogP) is -7.90. The van der Waals surface area contributed by atoms with Gasteiger partial charge in [-0.3, -0.25) is 0 Å². The minimum atomic E-state index is -2.23. The van der Waals surface area contributed by atoms with E-state index in [1.54, 1.807) is 13.8 Å². The Labute approximate surface area is 152 Å². The molecule has 0 atom stereocenters. The molecule has 0 saturated heterocycles. The third kappa shape index (κ3) is 19.5. The van der Waals surface area contributed by atoms with Crippen molar-refractivity contribution in [2.24, 2.45) is 0 Å². The van der Waals surface area contributed by atoms with Crippen LogP contribution in [0.5, 0.6) is 0 Å². The van der Waals surface area contributed by atoms with Crippen molar-refractivity contribution in [1.82, 2.24) is 0 Å². The molecular weight excluding hydrogens is 201 g/mol. The van der Waals surface area contributed by atoms with Gasteiger partial charge in [-0.25, -0.2) is 0 Å². The minimum Gasteiger partial charge on any atom is -0.871 e. The molecule has 0 amide bonds. The third-order valence-corrected chi connectivity index (χ3v) is 0.605. The second kappa shape index (κ2) is 13.2. The van der Waals surface area contributed by atoms with E-state index >= 15 is 0 Å². The first kappa shape index (κ1) is 19.7. The van der Waals surface area contributed by atoms with Crippen LogP contribution < -0.4 is 113 Å². The normalized spacial score (nSPS) is 8.45. The summed E-state index contributed by atoms with van der Waals surface area (Å²) in [7, 11) is -2.23. The van der Waals surface area contributed by atoms with E-state index in [-0.39, 0.29) is 116 Å². The topological polar surface area (TPSA) is 64.6 Å². The molecule has 0 N–H and O–H groups in total. The Kier molecular flexibility index (Phi) is 23.6. The van der Waals surface area contributed by atoms with E-state index in [0.29, 0.717) is 0 Å². The van der Waals surface area contributed by atoms with Crippen LogP contribution in [0.25, 0.3) is 0 Å². The van der Waals surface area contributed by atoms with Gasteiger partial charge in [-0.05, 0) is 13.8 Å². The van der Waals surface area contributed by atoms with Gasteiger partial charge < -0.3 is 19.4 Å². The van der Waals surface area contributed by atoms with Crippen molar-refractivity contribution in [2.75, 3.05) is 6.79 Å². The molecule has 0 aliphatic carbocycles. The smallest absolute Gasteiger partial charge is 0.871 e. The third-order valence-electron chi connectivity index (χ3n) is 0.605. The maximum atomic E-state index is 9.65. The Morgan fingerprint density at radius 1 is 1.27 bits per heavy atom. The van der Waals surface area contributed by atoms with E-state index in [9.17, 15) is 10.0 Å². The van der Waals surface area contributed by atoms with Crippen LogP contribution in [0.15, 0.2) is 0 Å². The average molecular weight is 210 g/mol. The zero-order valence-corrected chi connectivity index (χ0v) is 13.7. The zero-order valence-electron chi connectivity index (χ0n) is 7.49. The molecule has 0 bridgehead atoms. The molecule has 0 aliphatic rings. The second-order valence-corrected chi connectivity index (χ2v) is 1.79. The van der Waals surface area contributed by atoms with Crippen molar-refractivity contribution in [2.45, 2.75) is 20.0 Å². The van der Waals surface area contributed by atoms with Gasteiger partial charge in [0.25, 0.3) is 0 Å². The Morgan fingerprint density at radius 3 is 2.00 bits per heavy atom. The molecule has 0 fully saturated rings. The molecule has 11 heavy (non-hydrogen) atoms. The van der Waals surface area contributed by atoms with Crippen molar-refractivity contribution < 1.29 is 122 Å². The summed E-state index contributed by atoms with van der Waals surface area (Å²) < 4.78 is 8.75. The molecular formula is C4H9BK2O4. The molecule has 0 unspecified atom stereocenters. The van der Waals surface area contributed by atoms with Crippen LogP contribution in [-0.4, -0.2) is 20.2 Å². The van der Waals surface area contributed by atoms with Crippen molar-refractivity contribution in [3.8, 4) is 0 Å². The van der Waals surface area contributed by atoms with Gasteiger partial charge in [-0.2, -0.15) is 0 Å². The Bertz CT molecular complexity index is 65.1. The average Bonchev–Trinajstić information content (AvgIpc) is 1.63. The molecule has 7 heteroatoms. The Balaban J connectivity index is -0.000000320. The molecule has 0 heterocycles. The van der Waals surface area contributed by atoms with Crippen LogP contribution in [0, 0.1) is 0 Å². The minimum absolute atomic E-state index is 0. The fourth-order valence-electron chi connectivity index (χ4n) is 0.231. The van der Waals surface area contributed by atoms with Crippen LogP contribution >= 0.6 is 0 Å². The number of hydrogen-bond acceptors (Lipinski definition) is 4. The molecule has 0 radical (unpaired) electrons. The van der Waals surface area contributed by atoms with Gasteiger partial charge in [0.1, 0.15) is 6.79 Å². The van der Waals surface area contributed by atoms with Crippen LogP contribution in [0.4, 0.5) is 0 Å². The van der Waals surface area contributed by atoms with Gasteiger partial charge in [-0.1, -0.05) is 0 Å². The zero-order chi connectivity index (χ0) is 7.28. The van der Waals surface area contributed by atoms with E-state index < -0.39 is 7.32 Å². The van der Waals surface area contributed by atoms with Crippen molar-refractivity contribution >= 4 is 7.32 Å². The standard InChI is InChI=1S/C4H9BO4.2K/c1-4(2)8-3-9-5(6)7;;/h4H,3H2,1-2H3;;/q-2;2*+1. The van der Waals surface area contributed by atoms with Gasteiger partial charge in [0.05, 0.1) is 13.4 Å². The molecule has 0 aliphatic heterocycles. The van der Waals surface area contributed by atoms with Gasteiger partial charge in [0.2, 0.25) is 0 Å². The molecule has 0 aromatic carbocycles. The molecule has 0 spiro atoms. The summed E-state index contributed by atoms with van der Waals surface area (Å²) in [6, 6.07) is 0. The van der Waals surface area contributed by atoms with Crippen molar-refractivity contribution in [1.29, 1.82) is 0 Å². The van der Waals surface area contributed by atoms with E-state index in [1.807, 2.05) is 0 Å². The predicted molar refractivity (Wildman–Crippen MR) is 27.9 cm³/mol. The second-order valence-electron chi connectivity index (χ2n) is 1.79. The van der Waals surface area contributed by atoms with E-state index in [2.05, 4.69) is 4.65 Å². The first-order valence-corrected chi connectivity index (χ1v) is 2.67. The number of rotatable bonds is 4. The first-order chi connectivity index (χ1) is 4.13. The van der Waals surface area contributed by atoms with Gasteiger partial charge in [-0.15, -0.1) is 0 Å². The summed E-state index contributed by atoms with van der Waals surface area (Å²) in [5.41, 5.74) is 0. The molecule has 0 aromatic heterocycles. The summed E-state index contributed by atoms with van der Waals surface area (Å²) in [6.45, 7) is 3.36. The maximum Gasteiger partial charge on any atom is 1.00 e. The summed E-state index contributed by atoms with van der Waals surface area (Å²) in [5, 5.41) is 19.3. The first-order valence-electron chi connectivity index (χ1n) is 2.67. The van der Waals surface area contributed by atoms with Crippen LogP contribution in [-0.2, 0) is 9.39 Å². The van der Waals surface area contributed by atoms with Crippen molar-refractivity contribution in [3.05, 3.63) is 0 Å². The van der Waals surface area contributed by atoms with E-state index in [0.717, 1.165) is 0 Å². The molecule has 4 nitrogen and oxygen atoms in total. The summed E-state index contributed by atoms with van der Waals surface area (Å²) in [6.07, 6.45) is -0.0104. The Morgan fingerprint density at radius 2 is 1.73 bits per heavy atom. The molecule has 0 aromatic rings. The fraction of sp³-hybridized carbons (Fsp3) is 1.00. The maximum absolute atomic E-state index is 9.65. The van der Waals surface area contributed by atoms with Gasteiger partial charge in [0, 0.05) is 0 Å². The molecule has 54 valence electrons. The monoisotopic (exact) mass is 210 g/mol. The SMILES string of the molecule is CC(C)OCOB([O-])[O-].[K+].[K+]. The van der Waals surface area contributed by atoms with Gasteiger partial charge >= 0.3 is 103 Å². The van der Waals surface area contributed by atoms with E-state index in [4.69, 9.17) is 4.74 Å².